The molecule has 0 saturated carbocycles. The number of hydrogen-bond acceptors (Lipinski definition) is 4. The Morgan fingerprint density at radius 2 is 1.35 bits per heavy atom. The number of pyridine rings is 1. The molecular formula is C26H23F6N3O2. The maximum atomic E-state index is 13.0. The van der Waals surface area contributed by atoms with Crippen LogP contribution < -0.4 is 15.0 Å². The summed E-state index contributed by atoms with van der Waals surface area (Å²) in [5.74, 6) is -0.907. The zero-order valence-corrected chi connectivity index (χ0v) is 19.8. The van der Waals surface area contributed by atoms with E-state index in [-0.39, 0.29) is 17.9 Å². The highest BCUT2D eigenvalue weighted by Gasteiger charge is 2.36. The van der Waals surface area contributed by atoms with Crippen molar-refractivity contribution in [2.45, 2.75) is 31.9 Å². The Labute approximate surface area is 209 Å². The standard InChI is InChI=1S/C20H17F6N3O2.C6H6/c1-18(2,15-4-3-5-16(27-15)19(21,22)23)28-14-10-11-29(17(14)30)12-6-8-13(9-7-12)31-20(24,25)26;1-2-4-6-5-3-1/h3-10,28H,11H2,1-2H3;1-6H. The van der Waals surface area contributed by atoms with E-state index in [1.54, 1.807) is 13.8 Å². The summed E-state index contributed by atoms with van der Waals surface area (Å²) in [6, 6.07) is 20.3. The number of nitrogens with zero attached hydrogens (tertiary/aromatic N) is 2. The van der Waals surface area contributed by atoms with Crippen LogP contribution >= 0.6 is 0 Å². The summed E-state index contributed by atoms with van der Waals surface area (Å²) >= 11 is 0. The average Bonchev–Trinajstić information content (AvgIpc) is 3.19. The number of rotatable bonds is 5. The van der Waals surface area contributed by atoms with Gasteiger partial charge in [-0.15, -0.1) is 13.2 Å². The zero-order chi connectivity index (χ0) is 27.3. The van der Waals surface area contributed by atoms with Gasteiger partial charge in [-0.1, -0.05) is 42.5 Å². The van der Waals surface area contributed by atoms with Gasteiger partial charge >= 0.3 is 12.5 Å². The normalized spacial score (nSPS) is 14.0. The summed E-state index contributed by atoms with van der Waals surface area (Å²) in [6.07, 6.45) is -7.89. The fourth-order valence-electron chi connectivity index (χ4n) is 3.38. The van der Waals surface area contributed by atoms with E-state index >= 15 is 0 Å². The van der Waals surface area contributed by atoms with Crippen molar-refractivity contribution in [2.24, 2.45) is 0 Å². The van der Waals surface area contributed by atoms with Crippen LogP contribution in [0, 0.1) is 0 Å². The number of alkyl halides is 6. The zero-order valence-electron chi connectivity index (χ0n) is 19.8. The Hall–Kier alpha value is -4.02. The number of benzene rings is 2. The summed E-state index contributed by atoms with van der Waals surface area (Å²) < 4.78 is 79.5. The third kappa shape index (κ3) is 7.73. The molecule has 11 heteroatoms. The van der Waals surface area contributed by atoms with E-state index in [1.165, 1.54) is 35.2 Å². The van der Waals surface area contributed by atoms with Crippen LogP contribution in [-0.2, 0) is 16.5 Å². The summed E-state index contributed by atoms with van der Waals surface area (Å²) in [5, 5.41) is 2.91. The SMILES string of the molecule is CC(C)(NC1=CCN(c2ccc(OC(F)(F)F)cc2)C1=O)c1cccc(C(F)(F)F)n1.c1ccccc1. The Morgan fingerprint density at radius 3 is 1.86 bits per heavy atom. The third-order valence-corrected chi connectivity index (χ3v) is 5.13. The Balaban J connectivity index is 0.000000555. The van der Waals surface area contributed by atoms with Crippen LogP contribution in [-0.4, -0.2) is 23.8 Å². The van der Waals surface area contributed by atoms with Crippen molar-refractivity contribution in [3.05, 3.63) is 102 Å². The van der Waals surface area contributed by atoms with Gasteiger partial charge in [0, 0.05) is 12.2 Å². The molecule has 2 aromatic carbocycles. The van der Waals surface area contributed by atoms with Gasteiger partial charge in [0.2, 0.25) is 0 Å². The average molecular weight is 523 g/mol. The predicted octanol–water partition coefficient (Wildman–Crippen LogP) is 6.44. The molecule has 0 radical (unpaired) electrons. The molecule has 1 N–H and O–H groups in total. The van der Waals surface area contributed by atoms with Gasteiger partial charge in [0.25, 0.3) is 5.91 Å². The second kappa shape index (κ2) is 10.9. The highest BCUT2D eigenvalue weighted by atomic mass is 19.4. The van der Waals surface area contributed by atoms with Gasteiger partial charge in [0.15, 0.2) is 0 Å². The van der Waals surface area contributed by atoms with E-state index in [0.717, 1.165) is 18.2 Å². The van der Waals surface area contributed by atoms with E-state index in [2.05, 4.69) is 15.0 Å². The van der Waals surface area contributed by atoms with Crippen molar-refractivity contribution in [3.63, 3.8) is 0 Å². The van der Waals surface area contributed by atoms with Gasteiger partial charge in [0.05, 0.1) is 16.9 Å². The van der Waals surface area contributed by atoms with Crippen molar-refractivity contribution in [3.8, 4) is 5.75 Å². The summed E-state index contributed by atoms with van der Waals surface area (Å²) in [7, 11) is 0. The topological polar surface area (TPSA) is 54.5 Å². The maximum Gasteiger partial charge on any atom is 0.573 e. The van der Waals surface area contributed by atoms with Crippen LogP contribution in [0.15, 0.2) is 90.6 Å². The molecule has 0 saturated heterocycles. The van der Waals surface area contributed by atoms with E-state index in [9.17, 15) is 31.1 Å². The number of halogens is 6. The molecule has 0 atom stereocenters. The van der Waals surface area contributed by atoms with Crippen LogP contribution in [0.5, 0.6) is 5.75 Å². The van der Waals surface area contributed by atoms with Crippen LogP contribution in [0.3, 0.4) is 0 Å². The number of aromatic nitrogens is 1. The molecule has 1 aliphatic heterocycles. The summed E-state index contributed by atoms with van der Waals surface area (Å²) in [6.45, 7) is 3.29. The maximum absolute atomic E-state index is 13.0. The van der Waals surface area contributed by atoms with Crippen LogP contribution in [0.4, 0.5) is 32.0 Å². The fourth-order valence-corrected chi connectivity index (χ4v) is 3.38. The minimum absolute atomic E-state index is 0.0862. The molecule has 0 spiro atoms. The molecule has 5 nitrogen and oxygen atoms in total. The van der Waals surface area contributed by atoms with Crippen LogP contribution in [0.2, 0.25) is 0 Å². The number of ether oxygens (including phenoxy) is 1. The van der Waals surface area contributed by atoms with Crippen molar-refractivity contribution in [1.29, 1.82) is 0 Å². The van der Waals surface area contributed by atoms with Gasteiger partial charge in [0.1, 0.15) is 11.4 Å². The van der Waals surface area contributed by atoms with Crippen molar-refractivity contribution < 1.29 is 35.9 Å². The number of amides is 1. The van der Waals surface area contributed by atoms with Crippen LogP contribution in [0.25, 0.3) is 0 Å². The molecule has 3 aromatic rings. The largest absolute Gasteiger partial charge is 0.573 e. The van der Waals surface area contributed by atoms with Gasteiger partial charge < -0.3 is 15.0 Å². The number of carbonyl (C=O) groups excluding carboxylic acids is 1. The fraction of sp³-hybridized carbons (Fsp3) is 0.231. The molecule has 4 rings (SSSR count). The molecule has 1 aliphatic rings. The second-order valence-electron chi connectivity index (χ2n) is 8.39. The Morgan fingerprint density at radius 1 is 0.811 bits per heavy atom. The first-order valence-electron chi connectivity index (χ1n) is 11.0. The molecule has 1 aromatic heterocycles. The van der Waals surface area contributed by atoms with Gasteiger partial charge in [-0.25, -0.2) is 4.98 Å². The molecule has 0 fully saturated rings. The van der Waals surface area contributed by atoms with E-state index < -0.39 is 35.4 Å². The predicted molar refractivity (Wildman–Crippen MR) is 125 cm³/mol. The molecule has 2 heterocycles. The van der Waals surface area contributed by atoms with E-state index in [0.29, 0.717) is 5.69 Å². The Kier molecular flexibility index (Phi) is 8.15. The number of carbonyl (C=O) groups is 1. The lowest BCUT2D eigenvalue weighted by molar-refractivity contribution is -0.274. The number of hydrogen-bond donors (Lipinski definition) is 1. The van der Waals surface area contributed by atoms with Crippen molar-refractivity contribution in [1.82, 2.24) is 10.3 Å². The quantitative estimate of drug-likeness (QED) is 0.391. The lowest BCUT2D eigenvalue weighted by Gasteiger charge is -2.28. The third-order valence-electron chi connectivity index (χ3n) is 5.13. The van der Waals surface area contributed by atoms with Gasteiger partial charge in [-0.2, -0.15) is 13.2 Å². The summed E-state index contributed by atoms with van der Waals surface area (Å²) in [5.41, 5.74) is -1.59. The van der Waals surface area contributed by atoms with E-state index in [4.69, 9.17) is 0 Å². The molecule has 37 heavy (non-hydrogen) atoms. The molecule has 196 valence electrons. The molecule has 0 bridgehead atoms. The Bertz CT molecular complexity index is 1200. The molecule has 0 unspecified atom stereocenters. The first-order chi connectivity index (χ1) is 17.3. The first-order valence-corrected chi connectivity index (χ1v) is 11.0. The van der Waals surface area contributed by atoms with E-state index in [1.807, 2.05) is 36.4 Å². The minimum atomic E-state index is -4.83. The van der Waals surface area contributed by atoms with Crippen molar-refractivity contribution >= 4 is 11.6 Å². The smallest absolute Gasteiger partial charge is 0.406 e. The summed E-state index contributed by atoms with van der Waals surface area (Å²) in [4.78, 5) is 17.7. The lowest BCUT2D eigenvalue weighted by Crippen LogP contribution is -2.41. The highest BCUT2D eigenvalue weighted by molar-refractivity contribution is 6.08. The number of anilines is 1. The van der Waals surface area contributed by atoms with Crippen molar-refractivity contribution in [2.75, 3.05) is 11.4 Å². The molecular weight excluding hydrogens is 500 g/mol. The van der Waals surface area contributed by atoms with Gasteiger partial charge in [-0.05, 0) is 56.3 Å². The van der Waals surface area contributed by atoms with Gasteiger partial charge in [-0.3, -0.25) is 4.79 Å². The first kappa shape index (κ1) is 27.6. The second-order valence-corrected chi connectivity index (χ2v) is 8.39. The lowest BCUT2D eigenvalue weighted by atomic mass is 9.99. The number of nitrogens with one attached hydrogen (secondary N) is 1. The highest BCUT2D eigenvalue weighted by Crippen LogP contribution is 2.31. The molecule has 1 amide bonds. The van der Waals surface area contributed by atoms with Crippen LogP contribution in [0.1, 0.15) is 25.2 Å². The monoisotopic (exact) mass is 523 g/mol. The minimum Gasteiger partial charge on any atom is -0.406 e. The molecule has 0 aliphatic carbocycles.